The molecule has 2 amide bonds. The number of rotatable bonds is 5. The van der Waals surface area contributed by atoms with Gasteiger partial charge in [0.1, 0.15) is 0 Å². The third kappa shape index (κ3) is 4.45. The van der Waals surface area contributed by atoms with Gasteiger partial charge in [-0.3, -0.25) is 9.59 Å². The highest BCUT2D eigenvalue weighted by molar-refractivity contribution is 6.00. The second-order valence-electron chi connectivity index (χ2n) is 6.13. The van der Waals surface area contributed by atoms with Gasteiger partial charge in [-0.1, -0.05) is 36.4 Å². The number of hydrogen-bond donors (Lipinski definition) is 1. The van der Waals surface area contributed by atoms with Crippen LogP contribution in [-0.4, -0.2) is 24.1 Å². The molecule has 0 radical (unpaired) electrons. The topological polar surface area (TPSA) is 61.8 Å². The van der Waals surface area contributed by atoms with E-state index < -0.39 is 0 Å². The number of benzene rings is 2. The molecule has 0 bridgehead atoms. The molecule has 1 aliphatic heterocycles. The van der Waals surface area contributed by atoms with Gasteiger partial charge in [0.25, 0.3) is 5.91 Å². The molecule has 26 heavy (non-hydrogen) atoms. The SMILES string of the molecule is CC(/C=C/c1ccccc1)=N/NC(=O)c1ccc(N2CCCC2=O)cc1. The highest BCUT2D eigenvalue weighted by Gasteiger charge is 2.21. The maximum Gasteiger partial charge on any atom is 0.271 e. The van der Waals surface area contributed by atoms with E-state index in [0.717, 1.165) is 24.2 Å². The van der Waals surface area contributed by atoms with E-state index in [1.807, 2.05) is 49.4 Å². The third-order valence-corrected chi connectivity index (χ3v) is 4.16. The second kappa shape index (κ2) is 8.25. The molecule has 3 rings (SSSR count). The van der Waals surface area contributed by atoms with Crippen molar-refractivity contribution in [3.8, 4) is 0 Å². The van der Waals surface area contributed by atoms with Crippen LogP contribution >= 0.6 is 0 Å². The number of nitrogens with one attached hydrogen (secondary N) is 1. The van der Waals surface area contributed by atoms with Crippen LogP contribution in [0.5, 0.6) is 0 Å². The Kier molecular flexibility index (Phi) is 5.59. The largest absolute Gasteiger partial charge is 0.312 e. The summed E-state index contributed by atoms with van der Waals surface area (Å²) in [4.78, 5) is 25.7. The van der Waals surface area contributed by atoms with Crippen LogP contribution in [0.1, 0.15) is 35.7 Å². The molecule has 0 saturated carbocycles. The number of nitrogens with zero attached hydrogens (tertiary/aromatic N) is 2. The number of amides is 2. The van der Waals surface area contributed by atoms with E-state index in [4.69, 9.17) is 0 Å². The van der Waals surface area contributed by atoms with Gasteiger partial charge in [-0.25, -0.2) is 5.43 Å². The molecule has 1 heterocycles. The van der Waals surface area contributed by atoms with Crippen molar-refractivity contribution < 1.29 is 9.59 Å². The molecule has 1 N–H and O–H groups in total. The fourth-order valence-corrected chi connectivity index (χ4v) is 2.74. The second-order valence-corrected chi connectivity index (χ2v) is 6.13. The van der Waals surface area contributed by atoms with E-state index in [9.17, 15) is 9.59 Å². The number of carbonyl (C=O) groups is 2. The normalized spacial score (nSPS) is 14.9. The van der Waals surface area contributed by atoms with E-state index in [1.165, 1.54) is 0 Å². The summed E-state index contributed by atoms with van der Waals surface area (Å²) < 4.78 is 0. The lowest BCUT2D eigenvalue weighted by atomic mass is 10.2. The van der Waals surface area contributed by atoms with Crippen LogP contribution in [-0.2, 0) is 4.79 Å². The molecule has 1 fully saturated rings. The summed E-state index contributed by atoms with van der Waals surface area (Å²) in [7, 11) is 0. The zero-order valence-corrected chi connectivity index (χ0v) is 14.7. The van der Waals surface area contributed by atoms with Gasteiger partial charge in [0.2, 0.25) is 5.91 Å². The fraction of sp³-hybridized carbons (Fsp3) is 0.190. The lowest BCUT2D eigenvalue weighted by Crippen LogP contribution is -2.24. The van der Waals surface area contributed by atoms with E-state index in [-0.39, 0.29) is 11.8 Å². The molecule has 0 spiro atoms. The van der Waals surface area contributed by atoms with Crippen molar-refractivity contribution in [2.45, 2.75) is 19.8 Å². The van der Waals surface area contributed by atoms with Gasteiger partial charge in [-0.2, -0.15) is 5.10 Å². The van der Waals surface area contributed by atoms with Crippen LogP contribution in [0.4, 0.5) is 5.69 Å². The van der Waals surface area contributed by atoms with Crippen LogP contribution in [0.2, 0.25) is 0 Å². The smallest absolute Gasteiger partial charge is 0.271 e. The summed E-state index contributed by atoms with van der Waals surface area (Å²) in [5.41, 5.74) is 5.65. The molecule has 0 unspecified atom stereocenters. The standard InChI is InChI=1S/C21H21N3O2/c1-16(9-10-17-6-3-2-4-7-17)22-23-21(26)18-11-13-19(14-12-18)24-15-5-8-20(24)25/h2-4,6-7,9-14H,5,8,15H2,1H3,(H,23,26)/b10-9+,22-16-. The van der Waals surface area contributed by atoms with Crippen molar-refractivity contribution in [2.24, 2.45) is 5.10 Å². The summed E-state index contributed by atoms with van der Waals surface area (Å²) >= 11 is 0. The molecule has 2 aromatic carbocycles. The Morgan fingerprint density at radius 3 is 2.50 bits per heavy atom. The zero-order valence-electron chi connectivity index (χ0n) is 14.7. The minimum atomic E-state index is -0.281. The molecule has 5 nitrogen and oxygen atoms in total. The number of allylic oxidation sites excluding steroid dienone is 1. The van der Waals surface area contributed by atoms with Crippen molar-refractivity contribution >= 4 is 29.3 Å². The lowest BCUT2D eigenvalue weighted by Gasteiger charge is -2.15. The predicted molar refractivity (Wildman–Crippen MR) is 104 cm³/mol. The van der Waals surface area contributed by atoms with Gasteiger partial charge in [0.05, 0.1) is 5.71 Å². The summed E-state index contributed by atoms with van der Waals surface area (Å²) in [6, 6.07) is 16.9. The monoisotopic (exact) mass is 347 g/mol. The van der Waals surface area contributed by atoms with Crippen LogP contribution in [0.3, 0.4) is 0 Å². The minimum Gasteiger partial charge on any atom is -0.312 e. The molecule has 0 aliphatic carbocycles. The number of hydrogen-bond acceptors (Lipinski definition) is 3. The zero-order chi connectivity index (χ0) is 18.4. The average molecular weight is 347 g/mol. The van der Waals surface area contributed by atoms with Gasteiger partial charge >= 0.3 is 0 Å². The van der Waals surface area contributed by atoms with Gasteiger partial charge in [-0.05, 0) is 49.2 Å². The van der Waals surface area contributed by atoms with E-state index in [1.54, 1.807) is 29.2 Å². The van der Waals surface area contributed by atoms with Gasteiger partial charge in [0, 0.05) is 24.2 Å². The Morgan fingerprint density at radius 1 is 1.12 bits per heavy atom. The maximum absolute atomic E-state index is 12.2. The lowest BCUT2D eigenvalue weighted by molar-refractivity contribution is -0.117. The predicted octanol–water partition coefficient (Wildman–Crippen LogP) is 3.63. The number of anilines is 1. The Bertz CT molecular complexity index is 839. The Labute approximate surface area is 153 Å². The molecule has 5 heteroatoms. The van der Waals surface area contributed by atoms with Gasteiger partial charge < -0.3 is 4.90 Å². The van der Waals surface area contributed by atoms with Crippen molar-refractivity contribution in [1.29, 1.82) is 0 Å². The van der Waals surface area contributed by atoms with Crippen LogP contribution in [0.25, 0.3) is 6.08 Å². The van der Waals surface area contributed by atoms with Gasteiger partial charge in [-0.15, -0.1) is 0 Å². The van der Waals surface area contributed by atoms with E-state index in [2.05, 4.69) is 10.5 Å². The maximum atomic E-state index is 12.2. The highest BCUT2D eigenvalue weighted by Crippen LogP contribution is 2.21. The van der Waals surface area contributed by atoms with E-state index in [0.29, 0.717) is 17.7 Å². The third-order valence-electron chi connectivity index (χ3n) is 4.16. The van der Waals surface area contributed by atoms with Crippen molar-refractivity contribution in [2.75, 3.05) is 11.4 Å². The summed E-state index contributed by atoms with van der Waals surface area (Å²) in [6.45, 7) is 2.56. The molecular weight excluding hydrogens is 326 g/mol. The van der Waals surface area contributed by atoms with Crippen LogP contribution in [0, 0.1) is 0 Å². The van der Waals surface area contributed by atoms with Crippen LogP contribution in [0.15, 0.2) is 65.8 Å². The Hall–Kier alpha value is -3.21. The molecule has 0 aromatic heterocycles. The first kappa shape index (κ1) is 17.6. The summed E-state index contributed by atoms with van der Waals surface area (Å²) in [5, 5.41) is 4.09. The fourth-order valence-electron chi connectivity index (χ4n) is 2.74. The number of carbonyl (C=O) groups excluding carboxylic acids is 2. The quantitative estimate of drug-likeness (QED) is 0.663. The first-order chi connectivity index (χ1) is 12.6. The summed E-state index contributed by atoms with van der Waals surface area (Å²) in [6.07, 6.45) is 5.25. The first-order valence-corrected chi connectivity index (χ1v) is 8.62. The summed E-state index contributed by atoms with van der Waals surface area (Å²) in [5.74, 6) is -0.149. The highest BCUT2D eigenvalue weighted by atomic mass is 16.2. The van der Waals surface area contributed by atoms with Gasteiger partial charge in [0.15, 0.2) is 0 Å². The molecular formula is C21H21N3O2. The van der Waals surface area contributed by atoms with E-state index >= 15 is 0 Å². The molecule has 1 saturated heterocycles. The van der Waals surface area contributed by atoms with Crippen molar-refractivity contribution in [3.05, 3.63) is 71.8 Å². The van der Waals surface area contributed by atoms with Crippen molar-refractivity contribution in [3.63, 3.8) is 0 Å². The molecule has 0 atom stereocenters. The number of hydrazone groups is 1. The minimum absolute atomic E-state index is 0.132. The average Bonchev–Trinajstić information content (AvgIpc) is 3.11. The molecule has 2 aromatic rings. The Balaban J connectivity index is 1.59. The molecule has 1 aliphatic rings. The molecule has 132 valence electrons. The first-order valence-electron chi connectivity index (χ1n) is 8.62. The Morgan fingerprint density at radius 2 is 1.85 bits per heavy atom. The van der Waals surface area contributed by atoms with Crippen molar-refractivity contribution in [1.82, 2.24) is 5.43 Å². The van der Waals surface area contributed by atoms with Crippen LogP contribution < -0.4 is 10.3 Å².